The SMILES string of the molecule is CNOCc1ccc(Br)cc1F.Cl. The van der Waals surface area contributed by atoms with E-state index in [1.807, 2.05) is 0 Å². The van der Waals surface area contributed by atoms with Crippen LogP contribution in [0.5, 0.6) is 0 Å². The summed E-state index contributed by atoms with van der Waals surface area (Å²) < 4.78 is 13.8. The van der Waals surface area contributed by atoms with Crippen LogP contribution in [0, 0.1) is 5.82 Å². The van der Waals surface area contributed by atoms with Crippen LogP contribution in [0.25, 0.3) is 0 Å². The molecule has 0 aromatic heterocycles. The van der Waals surface area contributed by atoms with Gasteiger partial charge in [-0.25, -0.2) is 9.87 Å². The lowest BCUT2D eigenvalue weighted by Gasteiger charge is -2.02. The second kappa shape index (κ2) is 6.32. The van der Waals surface area contributed by atoms with Gasteiger partial charge in [-0.1, -0.05) is 22.0 Å². The summed E-state index contributed by atoms with van der Waals surface area (Å²) in [6, 6.07) is 4.86. The molecule has 0 amide bonds. The summed E-state index contributed by atoms with van der Waals surface area (Å²) in [4.78, 5) is 4.83. The van der Waals surface area contributed by atoms with E-state index in [0.29, 0.717) is 5.56 Å². The standard InChI is InChI=1S/C8H9BrFNO.ClH/c1-11-12-5-6-2-3-7(9)4-8(6)10;/h2-4,11H,5H2,1H3;1H. The van der Waals surface area contributed by atoms with E-state index in [0.717, 1.165) is 4.47 Å². The number of hydrogen-bond donors (Lipinski definition) is 1. The van der Waals surface area contributed by atoms with Crippen molar-refractivity contribution in [2.24, 2.45) is 0 Å². The number of hydroxylamine groups is 1. The van der Waals surface area contributed by atoms with Gasteiger partial charge in [0.2, 0.25) is 0 Å². The van der Waals surface area contributed by atoms with Crippen LogP contribution in [0.15, 0.2) is 22.7 Å². The van der Waals surface area contributed by atoms with E-state index in [9.17, 15) is 4.39 Å². The highest BCUT2D eigenvalue weighted by atomic mass is 79.9. The first-order chi connectivity index (χ1) is 5.74. The van der Waals surface area contributed by atoms with Crippen molar-refractivity contribution in [1.82, 2.24) is 5.48 Å². The number of benzene rings is 1. The fraction of sp³-hybridized carbons (Fsp3) is 0.250. The molecule has 0 heterocycles. The molecule has 2 nitrogen and oxygen atoms in total. The van der Waals surface area contributed by atoms with E-state index in [1.54, 1.807) is 19.2 Å². The molecule has 1 N–H and O–H groups in total. The van der Waals surface area contributed by atoms with E-state index >= 15 is 0 Å². The highest BCUT2D eigenvalue weighted by molar-refractivity contribution is 9.10. The van der Waals surface area contributed by atoms with Gasteiger partial charge in [0.25, 0.3) is 0 Å². The van der Waals surface area contributed by atoms with Crippen molar-refractivity contribution in [3.8, 4) is 0 Å². The molecule has 0 atom stereocenters. The molecule has 0 bridgehead atoms. The van der Waals surface area contributed by atoms with Gasteiger partial charge in [-0.15, -0.1) is 12.4 Å². The zero-order valence-electron chi connectivity index (χ0n) is 7.01. The summed E-state index contributed by atoms with van der Waals surface area (Å²) in [5.41, 5.74) is 3.01. The maximum Gasteiger partial charge on any atom is 0.129 e. The van der Waals surface area contributed by atoms with Crippen molar-refractivity contribution >= 4 is 28.3 Å². The van der Waals surface area contributed by atoms with E-state index in [4.69, 9.17) is 4.84 Å². The van der Waals surface area contributed by atoms with Crippen LogP contribution in [0.2, 0.25) is 0 Å². The number of nitrogens with one attached hydrogen (secondary N) is 1. The smallest absolute Gasteiger partial charge is 0.129 e. The molecule has 0 aliphatic carbocycles. The predicted octanol–water partition coefficient (Wildman–Crippen LogP) is 2.66. The summed E-state index contributed by atoms with van der Waals surface area (Å²) in [6.07, 6.45) is 0. The number of hydrogen-bond acceptors (Lipinski definition) is 2. The Labute approximate surface area is 91.0 Å². The van der Waals surface area contributed by atoms with E-state index < -0.39 is 0 Å². The van der Waals surface area contributed by atoms with Crippen molar-refractivity contribution in [1.29, 1.82) is 0 Å². The zero-order valence-corrected chi connectivity index (χ0v) is 9.41. The number of halogens is 3. The molecule has 5 heteroatoms. The van der Waals surface area contributed by atoms with Crippen LogP contribution >= 0.6 is 28.3 Å². The lowest BCUT2D eigenvalue weighted by molar-refractivity contribution is 0.0427. The molecule has 0 saturated heterocycles. The fourth-order valence-corrected chi connectivity index (χ4v) is 1.12. The molecular weight excluding hydrogens is 260 g/mol. The lowest BCUT2D eigenvalue weighted by Crippen LogP contribution is -2.07. The molecule has 74 valence electrons. The summed E-state index contributed by atoms with van der Waals surface area (Å²) >= 11 is 3.17. The minimum Gasteiger partial charge on any atom is -0.297 e. The predicted molar refractivity (Wildman–Crippen MR) is 55.2 cm³/mol. The summed E-state index contributed by atoms with van der Waals surface area (Å²) in [6.45, 7) is 0.232. The molecule has 1 rings (SSSR count). The average Bonchev–Trinajstić information content (AvgIpc) is 2.03. The molecule has 0 fully saturated rings. The van der Waals surface area contributed by atoms with Crippen LogP contribution in [0.4, 0.5) is 4.39 Å². The zero-order chi connectivity index (χ0) is 8.97. The monoisotopic (exact) mass is 269 g/mol. The fourth-order valence-electron chi connectivity index (χ4n) is 0.789. The molecule has 0 spiro atoms. The van der Waals surface area contributed by atoms with Gasteiger partial charge in [0, 0.05) is 17.1 Å². The molecule has 0 unspecified atom stereocenters. The van der Waals surface area contributed by atoms with Crippen LogP contribution in [-0.4, -0.2) is 7.05 Å². The van der Waals surface area contributed by atoms with Gasteiger partial charge in [-0.2, -0.15) is 0 Å². The topological polar surface area (TPSA) is 21.3 Å². The molecule has 1 aromatic rings. The third-order valence-electron chi connectivity index (χ3n) is 1.39. The third-order valence-corrected chi connectivity index (χ3v) is 1.88. The summed E-state index contributed by atoms with van der Waals surface area (Å²) in [5.74, 6) is -0.264. The molecule has 1 aromatic carbocycles. The molecular formula is C8H10BrClFNO. The lowest BCUT2D eigenvalue weighted by atomic mass is 10.2. The molecule has 0 aliphatic rings. The normalized spacial score (nSPS) is 9.46. The first-order valence-corrected chi connectivity index (χ1v) is 4.26. The van der Waals surface area contributed by atoms with Crippen LogP contribution < -0.4 is 5.48 Å². The largest absolute Gasteiger partial charge is 0.297 e. The Bertz CT molecular complexity index is 272. The van der Waals surface area contributed by atoms with Gasteiger partial charge >= 0.3 is 0 Å². The first-order valence-electron chi connectivity index (χ1n) is 3.46. The average molecular weight is 271 g/mol. The van der Waals surface area contributed by atoms with E-state index in [-0.39, 0.29) is 24.8 Å². The van der Waals surface area contributed by atoms with Gasteiger partial charge in [-0.3, -0.25) is 4.84 Å². The first kappa shape index (κ1) is 12.8. The maximum atomic E-state index is 13.0. The minimum absolute atomic E-state index is 0. The Morgan fingerprint density at radius 2 is 2.23 bits per heavy atom. The van der Waals surface area contributed by atoms with Crippen molar-refractivity contribution in [3.63, 3.8) is 0 Å². The van der Waals surface area contributed by atoms with Crippen LogP contribution in [-0.2, 0) is 11.4 Å². The second-order valence-electron chi connectivity index (χ2n) is 2.23. The highest BCUT2D eigenvalue weighted by Crippen LogP contribution is 2.15. The Kier molecular flexibility index (Phi) is 6.24. The Morgan fingerprint density at radius 3 is 2.77 bits per heavy atom. The van der Waals surface area contributed by atoms with Crippen molar-refractivity contribution in [2.75, 3.05) is 7.05 Å². The van der Waals surface area contributed by atoms with Gasteiger partial charge < -0.3 is 0 Å². The Balaban J connectivity index is 0.00000144. The van der Waals surface area contributed by atoms with Gasteiger partial charge in [0.1, 0.15) is 5.82 Å². The Hall–Kier alpha value is -0.160. The van der Waals surface area contributed by atoms with Crippen molar-refractivity contribution in [3.05, 3.63) is 34.1 Å². The van der Waals surface area contributed by atoms with E-state index in [1.165, 1.54) is 6.07 Å². The van der Waals surface area contributed by atoms with Crippen molar-refractivity contribution in [2.45, 2.75) is 6.61 Å². The van der Waals surface area contributed by atoms with Crippen molar-refractivity contribution < 1.29 is 9.23 Å². The second-order valence-corrected chi connectivity index (χ2v) is 3.14. The van der Waals surface area contributed by atoms with Crippen LogP contribution in [0.1, 0.15) is 5.56 Å². The minimum atomic E-state index is -0.264. The molecule has 0 saturated carbocycles. The van der Waals surface area contributed by atoms with Gasteiger partial charge in [0.15, 0.2) is 0 Å². The third kappa shape index (κ3) is 4.04. The molecule has 0 radical (unpaired) electrons. The highest BCUT2D eigenvalue weighted by Gasteiger charge is 2.01. The van der Waals surface area contributed by atoms with Gasteiger partial charge in [0.05, 0.1) is 6.61 Å². The Morgan fingerprint density at radius 1 is 1.54 bits per heavy atom. The summed E-state index contributed by atoms with van der Waals surface area (Å²) in [5, 5.41) is 0. The molecule has 13 heavy (non-hydrogen) atoms. The van der Waals surface area contributed by atoms with E-state index in [2.05, 4.69) is 21.4 Å². The van der Waals surface area contributed by atoms with Crippen LogP contribution in [0.3, 0.4) is 0 Å². The van der Waals surface area contributed by atoms with Gasteiger partial charge in [-0.05, 0) is 12.1 Å². The summed E-state index contributed by atoms with van der Waals surface area (Å²) in [7, 11) is 1.64. The number of rotatable bonds is 3. The quantitative estimate of drug-likeness (QED) is 0.853. The molecule has 0 aliphatic heterocycles. The maximum absolute atomic E-state index is 13.0.